The van der Waals surface area contributed by atoms with Crippen LogP contribution in [0.3, 0.4) is 0 Å². The predicted octanol–water partition coefficient (Wildman–Crippen LogP) is 1.89. The predicted molar refractivity (Wildman–Crippen MR) is 72.9 cm³/mol. The first-order valence-electron chi connectivity index (χ1n) is 5.90. The van der Waals surface area contributed by atoms with E-state index >= 15 is 0 Å². The fourth-order valence-electron chi connectivity index (χ4n) is 1.93. The largest absolute Gasteiger partial charge is 0.478 e. The molecule has 0 radical (unpaired) electrons. The molecule has 3 aromatic rings. The molecule has 0 aliphatic carbocycles. The Bertz CT molecular complexity index is 793. The standard InChI is InChI=1S/C14H10N4O2/c19-12(20)5-4-11-13(10-3-1-6-15-9-10)17-18-8-2-7-16-14(11)18/h1-9H,(H,19,20)/b5-4+. The average molecular weight is 266 g/mol. The zero-order chi connectivity index (χ0) is 13.9. The first-order valence-corrected chi connectivity index (χ1v) is 5.90. The van der Waals surface area contributed by atoms with Crippen LogP contribution in [0.25, 0.3) is 23.0 Å². The summed E-state index contributed by atoms with van der Waals surface area (Å²) in [5, 5.41) is 13.2. The summed E-state index contributed by atoms with van der Waals surface area (Å²) in [5.41, 5.74) is 2.71. The van der Waals surface area contributed by atoms with Crippen LogP contribution in [0, 0.1) is 0 Å². The van der Waals surface area contributed by atoms with Gasteiger partial charge in [-0.1, -0.05) is 0 Å². The molecule has 0 aromatic carbocycles. The molecule has 0 saturated heterocycles. The molecule has 20 heavy (non-hydrogen) atoms. The van der Waals surface area contributed by atoms with Gasteiger partial charge in [-0.25, -0.2) is 14.3 Å². The minimum absolute atomic E-state index is 0.601. The molecular weight excluding hydrogens is 256 g/mol. The van der Waals surface area contributed by atoms with E-state index < -0.39 is 5.97 Å². The summed E-state index contributed by atoms with van der Waals surface area (Å²) < 4.78 is 1.61. The number of carbonyl (C=O) groups is 1. The maximum Gasteiger partial charge on any atom is 0.328 e. The summed E-state index contributed by atoms with van der Waals surface area (Å²) in [4.78, 5) is 19.0. The average Bonchev–Trinajstić information content (AvgIpc) is 2.84. The molecule has 0 unspecified atom stereocenters. The Labute approximate surface area is 114 Å². The number of aromatic nitrogens is 4. The molecule has 0 spiro atoms. The van der Waals surface area contributed by atoms with Gasteiger partial charge in [0.2, 0.25) is 0 Å². The molecular formula is C14H10N4O2. The van der Waals surface area contributed by atoms with Gasteiger partial charge in [0.15, 0.2) is 5.65 Å². The lowest BCUT2D eigenvalue weighted by Gasteiger charge is -1.96. The topological polar surface area (TPSA) is 80.4 Å². The van der Waals surface area contributed by atoms with E-state index in [1.807, 2.05) is 6.07 Å². The molecule has 0 fully saturated rings. The lowest BCUT2D eigenvalue weighted by atomic mass is 10.1. The fraction of sp³-hybridized carbons (Fsp3) is 0. The zero-order valence-corrected chi connectivity index (χ0v) is 10.3. The van der Waals surface area contributed by atoms with Crippen LogP contribution in [0.5, 0.6) is 0 Å². The van der Waals surface area contributed by atoms with Gasteiger partial charge < -0.3 is 5.11 Å². The minimum Gasteiger partial charge on any atom is -0.478 e. The second-order valence-electron chi connectivity index (χ2n) is 4.06. The quantitative estimate of drug-likeness (QED) is 0.732. The number of hydrogen-bond donors (Lipinski definition) is 1. The summed E-state index contributed by atoms with van der Waals surface area (Å²) in [7, 11) is 0. The molecule has 0 atom stereocenters. The van der Waals surface area contributed by atoms with Gasteiger partial charge in [0.1, 0.15) is 5.69 Å². The van der Waals surface area contributed by atoms with Crippen LogP contribution in [-0.4, -0.2) is 30.7 Å². The summed E-state index contributed by atoms with van der Waals surface area (Å²) in [6.45, 7) is 0. The Hall–Kier alpha value is -3.02. The normalized spacial score (nSPS) is 11.2. The van der Waals surface area contributed by atoms with E-state index in [0.717, 1.165) is 11.6 Å². The lowest BCUT2D eigenvalue weighted by Crippen LogP contribution is -1.88. The minimum atomic E-state index is -1.02. The first kappa shape index (κ1) is 12.0. The van der Waals surface area contributed by atoms with Crippen LogP contribution in [-0.2, 0) is 4.79 Å². The molecule has 3 aromatic heterocycles. The smallest absolute Gasteiger partial charge is 0.328 e. The fourth-order valence-corrected chi connectivity index (χ4v) is 1.93. The molecule has 0 saturated carbocycles. The Kier molecular flexibility index (Phi) is 2.96. The number of nitrogens with zero attached hydrogens (tertiary/aromatic N) is 4. The van der Waals surface area contributed by atoms with Crippen LogP contribution < -0.4 is 0 Å². The van der Waals surface area contributed by atoms with Gasteiger partial charge in [-0.05, 0) is 24.3 Å². The van der Waals surface area contributed by atoms with Gasteiger partial charge in [0, 0.05) is 42.0 Å². The highest BCUT2D eigenvalue weighted by molar-refractivity contribution is 5.90. The van der Waals surface area contributed by atoms with E-state index in [9.17, 15) is 4.79 Å². The molecule has 98 valence electrons. The third kappa shape index (κ3) is 2.14. The van der Waals surface area contributed by atoms with Crippen molar-refractivity contribution < 1.29 is 9.90 Å². The molecule has 0 aliphatic heterocycles. The maximum absolute atomic E-state index is 10.7. The molecule has 3 rings (SSSR count). The van der Waals surface area contributed by atoms with Crippen molar-refractivity contribution in [2.45, 2.75) is 0 Å². The van der Waals surface area contributed by atoms with Crippen LogP contribution in [0.1, 0.15) is 5.56 Å². The molecule has 3 heterocycles. The van der Waals surface area contributed by atoms with Crippen LogP contribution in [0.4, 0.5) is 0 Å². The number of hydrogen-bond acceptors (Lipinski definition) is 4. The third-order valence-electron chi connectivity index (χ3n) is 2.76. The maximum atomic E-state index is 10.7. The Morgan fingerprint density at radius 3 is 2.95 bits per heavy atom. The number of rotatable bonds is 3. The second-order valence-corrected chi connectivity index (χ2v) is 4.06. The van der Waals surface area contributed by atoms with Crippen molar-refractivity contribution in [3.8, 4) is 11.3 Å². The van der Waals surface area contributed by atoms with Gasteiger partial charge in [0.25, 0.3) is 0 Å². The van der Waals surface area contributed by atoms with E-state index in [0.29, 0.717) is 16.9 Å². The lowest BCUT2D eigenvalue weighted by molar-refractivity contribution is -0.131. The third-order valence-corrected chi connectivity index (χ3v) is 2.76. The molecule has 6 heteroatoms. The van der Waals surface area contributed by atoms with Crippen molar-refractivity contribution in [2.24, 2.45) is 0 Å². The molecule has 1 N–H and O–H groups in total. The van der Waals surface area contributed by atoms with Crippen molar-refractivity contribution in [3.05, 3.63) is 54.6 Å². The van der Waals surface area contributed by atoms with Gasteiger partial charge in [-0.2, -0.15) is 5.10 Å². The molecule has 6 nitrogen and oxygen atoms in total. The number of carboxylic acids is 1. The van der Waals surface area contributed by atoms with Crippen LogP contribution >= 0.6 is 0 Å². The van der Waals surface area contributed by atoms with Crippen LogP contribution in [0.2, 0.25) is 0 Å². The SMILES string of the molecule is O=C(O)/C=C/c1c(-c2cccnc2)nn2cccnc12. The molecule has 0 amide bonds. The highest BCUT2D eigenvalue weighted by Crippen LogP contribution is 2.25. The number of carboxylic acid groups (broad SMARTS) is 1. The van der Waals surface area contributed by atoms with E-state index in [1.54, 1.807) is 41.4 Å². The number of aliphatic carboxylic acids is 1. The number of fused-ring (bicyclic) bond motifs is 1. The highest BCUT2D eigenvalue weighted by Gasteiger charge is 2.13. The molecule has 0 bridgehead atoms. The zero-order valence-electron chi connectivity index (χ0n) is 10.3. The van der Waals surface area contributed by atoms with Crippen molar-refractivity contribution in [3.63, 3.8) is 0 Å². The van der Waals surface area contributed by atoms with Gasteiger partial charge in [-0.15, -0.1) is 0 Å². The highest BCUT2D eigenvalue weighted by atomic mass is 16.4. The van der Waals surface area contributed by atoms with Gasteiger partial charge in [-0.3, -0.25) is 4.98 Å². The summed E-state index contributed by atoms with van der Waals surface area (Å²) in [6.07, 6.45) is 9.33. The van der Waals surface area contributed by atoms with E-state index in [1.165, 1.54) is 6.08 Å². The van der Waals surface area contributed by atoms with Crippen molar-refractivity contribution in [1.29, 1.82) is 0 Å². The van der Waals surface area contributed by atoms with Crippen molar-refractivity contribution >= 4 is 17.7 Å². The first-order chi connectivity index (χ1) is 9.75. The summed E-state index contributed by atoms with van der Waals surface area (Å²) in [5.74, 6) is -1.02. The second kappa shape index (κ2) is 4.93. The Balaban J connectivity index is 2.25. The Morgan fingerprint density at radius 1 is 1.30 bits per heavy atom. The monoisotopic (exact) mass is 266 g/mol. The Morgan fingerprint density at radius 2 is 2.20 bits per heavy atom. The molecule has 0 aliphatic rings. The van der Waals surface area contributed by atoms with E-state index in [4.69, 9.17) is 5.11 Å². The van der Waals surface area contributed by atoms with Crippen LogP contribution in [0.15, 0.2) is 49.1 Å². The van der Waals surface area contributed by atoms with Gasteiger partial charge in [0.05, 0.1) is 0 Å². The summed E-state index contributed by atoms with van der Waals surface area (Å²) in [6, 6.07) is 5.43. The van der Waals surface area contributed by atoms with E-state index in [-0.39, 0.29) is 0 Å². The van der Waals surface area contributed by atoms with Gasteiger partial charge >= 0.3 is 5.97 Å². The van der Waals surface area contributed by atoms with Crippen molar-refractivity contribution in [1.82, 2.24) is 19.6 Å². The van der Waals surface area contributed by atoms with E-state index in [2.05, 4.69) is 15.1 Å². The van der Waals surface area contributed by atoms with Crippen molar-refractivity contribution in [2.75, 3.05) is 0 Å². The summed E-state index contributed by atoms with van der Waals surface area (Å²) >= 11 is 0. The number of pyridine rings is 1.